The number of furan rings is 1. The first-order chi connectivity index (χ1) is 12.1. The van der Waals surface area contributed by atoms with Crippen molar-refractivity contribution in [1.82, 2.24) is 9.88 Å². The van der Waals surface area contributed by atoms with Crippen LogP contribution in [-0.4, -0.2) is 41.2 Å². The molecule has 6 heteroatoms. The third kappa shape index (κ3) is 3.53. The predicted octanol–water partition coefficient (Wildman–Crippen LogP) is 2.70. The molecule has 2 atom stereocenters. The van der Waals surface area contributed by atoms with Crippen LogP contribution in [-0.2, 0) is 11.3 Å². The smallest absolute Gasteiger partial charge is 0.142 e. The quantitative estimate of drug-likeness (QED) is 0.924. The van der Waals surface area contributed by atoms with Crippen molar-refractivity contribution in [2.24, 2.45) is 0 Å². The van der Waals surface area contributed by atoms with Gasteiger partial charge in [-0.1, -0.05) is 6.07 Å². The number of nitrogens with zero attached hydrogens (tertiary/aromatic N) is 3. The van der Waals surface area contributed by atoms with E-state index in [2.05, 4.69) is 21.3 Å². The maximum Gasteiger partial charge on any atom is 0.142 e. The number of hydrogen-bond donors (Lipinski definition) is 1. The van der Waals surface area contributed by atoms with Crippen molar-refractivity contribution in [2.75, 3.05) is 25.0 Å². The lowest BCUT2D eigenvalue weighted by Gasteiger charge is -2.23. The van der Waals surface area contributed by atoms with Gasteiger partial charge in [-0.15, -0.1) is 0 Å². The molecule has 0 aromatic carbocycles. The fourth-order valence-corrected chi connectivity index (χ4v) is 3.86. The van der Waals surface area contributed by atoms with Crippen LogP contribution in [0.2, 0.25) is 0 Å². The topological polar surface area (TPSA) is 74.3 Å². The zero-order valence-corrected chi connectivity index (χ0v) is 14.4. The van der Waals surface area contributed by atoms with Gasteiger partial charge < -0.3 is 14.5 Å². The molecular weight excluding hydrogens is 316 g/mol. The summed E-state index contributed by atoms with van der Waals surface area (Å²) in [6, 6.07) is 11.8. The highest BCUT2D eigenvalue weighted by Gasteiger charge is 2.45. The van der Waals surface area contributed by atoms with E-state index in [-0.39, 0.29) is 11.6 Å². The van der Waals surface area contributed by atoms with Gasteiger partial charge in [0.2, 0.25) is 0 Å². The van der Waals surface area contributed by atoms with Crippen molar-refractivity contribution < 1.29 is 9.15 Å². The molecule has 130 valence electrons. The Labute approximate surface area is 147 Å². The van der Waals surface area contributed by atoms with Crippen LogP contribution in [0.4, 0.5) is 5.82 Å². The van der Waals surface area contributed by atoms with E-state index < -0.39 is 0 Å². The summed E-state index contributed by atoms with van der Waals surface area (Å²) in [6.07, 6.45) is 2.00. The van der Waals surface area contributed by atoms with Crippen LogP contribution in [0.1, 0.15) is 30.1 Å². The Morgan fingerprint density at radius 2 is 2.32 bits per heavy atom. The number of likely N-dealkylation sites (tertiary alicyclic amines) is 1. The van der Waals surface area contributed by atoms with Gasteiger partial charge in [0.25, 0.3) is 0 Å². The van der Waals surface area contributed by atoms with Crippen molar-refractivity contribution in [3.05, 3.63) is 47.5 Å². The van der Waals surface area contributed by atoms with Crippen molar-refractivity contribution in [3.63, 3.8) is 0 Å². The molecule has 0 radical (unpaired) electrons. The Kier molecular flexibility index (Phi) is 4.20. The average Bonchev–Trinajstić information content (AvgIpc) is 3.31. The number of nitrogens with one attached hydrogen (secondary N) is 1. The summed E-state index contributed by atoms with van der Waals surface area (Å²) in [5, 5.41) is 12.4. The van der Waals surface area contributed by atoms with Crippen LogP contribution in [0.5, 0.6) is 0 Å². The van der Waals surface area contributed by atoms with Gasteiger partial charge in [-0.05, 0) is 37.6 Å². The van der Waals surface area contributed by atoms with Crippen LogP contribution in [0, 0.1) is 18.3 Å². The second-order valence-corrected chi connectivity index (χ2v) is 7.03. The summed E-state index contributed by atoms with van der Waals surface area (Å²) in [5.74, 6) is 2.71. The van der Waals surface area contributed by atoms with Gasteiger partial charge in [0.1, 0.15) is 29.1 Å². The third-order valence-corrected chi connectivity index (χ3v) is 5.00. The van der Waals surface area contributed by atoms with Gasteiger partial charge >= 0.3 is 0 Å². The lowest BCUT2D eigenvalue weighted by Crippen LogP contribution is -2.33. The number of nitriles is 1. The molecule has 1 N–H and O–H groups in total. The average molecular weight is 338 g/mol. The van der Waals surface area contributed by atoms with Crippen molar-refractivity contribution in [2.45, 2.75) is 38.0 Å². The molecule has 0 aliphatic carbocycles. The Balaban J connectivity index is 1.35. The minimum atomic E-state index is -0.0772. The molecule has 2 aliphatic heterocycles. The van der Waals surface area contributed by atoms with Gasteiger partial charge in [0.05, 0.1) is 24.8 Å². The van der Waals surface area contributed by atoms with Crippen LogP contribution in [0.3, 0.4) is 0 Å². The molecule has 0 bridgehead atoms. The maximum atomic E-state index is 8.96. The van der Waals surface area contributed by atoms with Crippen LogP contribution < -0.4 is 5.32 Å². The van der Waals surface area contributed by atoms with Crippen molar-refractivity contribution in [3.8, 4) is 6.07 Å². The van der Waals surface area contributed by atoms with E-state index in [4.69, 9.17) is 14.4 Å². The molecule has 4 rings (SSSR count). The molecule has 2 fully saturated rings. The largest absolute Gasteiger partial charge is 0.465 e. The van der Waals surface area contributed by atoms with E-state index in [1.165, 1.54) is 0 Å². The highest BCUT2D eigenvalue weighted by molar-refractivity contribution is 5.39. The molecule has 1 spiro atoms. The number of pyridine rings is 1. The first kappa shape index (κ1) is 16.1. The van der Waals surface area contributed by atoms with Gasteiger partial charge in [0, 0.05) is 19.5 Å². The molecule has 25 heavy (non-hydrogen) atoms. The molecule has 2 saturated heterocycles. The minimum Gasteiger partial charge on any atom is -0.465 e. The first-order valence-electron chi connectivity index (χ1n) is 8.69. The van der Waals surface area contributed by atoms with Crippen LogP contribution in [0.25, 0.3) is 0 Å². The van der Waals surface area contributed by atoms with E-state index in [0.29, 0.717) is 12.3 Å². The third-order valence-electron chi connectivity index (χ3n) is 5.00. The van der Waals surface area contributed by atoms with Crippen LogP contribution >= 0.6 is 0 Å². The molecule has 6 nitrogen and oxygen atoms in total. The highest BCUT2D eigenvalue weighted by atomic mass is 16.5. The summed E-state index contributed by atoms with van der Waals surface area (Å²) < 4.78 is 11.9. The first-order valence-corrected chi connectivity index (χ1v) is 8.69. The highest BCUT2D eigenvalue weighted by Crippen LogP contribution is 2.36. The molecule has 2 aromatic rings. The normalized spacial score (nSPS) is 26.2. The van der Waals surface area contributed by atoms with E-state index in [9.17, 15) is 0 Å². The molecular formula is C19H22N4O2. The van der Waals surface area contributed by atoms with Gasteiger partial charge in [-0.2, -0.15) is 5.26 Å². The summed E-state index contributed by atoms with van der Waals surface area (Å²) in [4.78, 5) is 6.69. The number of ether oxygens (including phenoxy) is 1. The molecule has 4 heterocycles. The SMILES string of the molecule is Cc1ccc(CN2CC[C@]3(C[C@@H](Nc4cccc(C#N)n4)CO3)C2)o1. The zero-order chi connectivity index (χ0) is 17.3. The summed E-state index contributed by atoms with van der Waals surface area (Å²) in [6.45, 7) is 5.43. The molecule has 0 unspecified atom stereocenters. The Morgan fingerprint density at radius 3 is 3.12 bits per heavy atom. The lowest BCUT2D eigenvalue weighted by molar-refractivity contribution is 0.0115. The minimum absolute atomic E-state index is 0.0772. The second-order valence-electron chi connectivity index (χ2n) is 7.03. The van der Waals surface area contributed by atoms with Gasteiger partial charge in [-0.25, -0.2) is 4.98 Å². The maximum absolute atomic E-state index is 8.96. The predicted molar refractivity (Wildman–Crippen MR) is 93.0 cm³/mol. The number of hydrogen-bond acceptors (Lipinski definition) is 6. The monoisotopic (exact) mass is 338 g/mol. The molecule has 0 saturated carbocycles. The second kappa shape index (κ2) is 6.51. The van der Waals surface area contributed by atoms with E-state index in [0.717, 1.165) is 49.8 Å². The summed E-state index contributed by atoms with van der Waals surface area (Å²) >= 11 is 0. The summed E-state index contributed by atoms with van der Waals surface area (Å²) in [7, 11) is 0. The molecule has 0 amide bonds. The molecule has 2 aromatic heterocycles. The molecule has 2 aliphatic rings. The van der Waals surface area contributed by atoms with E-state index >= 15 is 0 Å². The Bertz CT molecular complexity index is 797. The van der Waals surface area contributed by atoms with Gasteiger partial charge in [0.15, 0.2) is 0 Å². The van der Waals surface area contributed by atoms with Crippen molar-refractivity contribution >= 4 is 5.82 Å². The number of aryl methyl sites for hydroxylation is 1. The zero-order valence-electron chi connectivity index (χ0n) is 14.4. The summed E-state index contributed by atoms with van der Waals surface area (Å²) in [5.41, 5.74) is 0.353. The van der Waals surface area contributed by atoms with Gasteiger partial charge in [-0.3, -0.25) is 4.90 Å². The number of aromatic nitrogens is 1. The van der Waals surface area contributed by atoms with Crippen LogP contribution in [0.15, 0.2) is 34.7 Å². The Hall–Kier alpha value is -2.36. The van der Waals surface area contributed by atoms with E-state index in [1.807, 2.05) is 31.2 Å². The fraction of sp³-hybridized carbons (Fsp3) is 0.474. The van der Waals surface area contributed by atoms with Crippen molar-refractivity contribution in [1.29, 1.82) is 5.26 Å². The Morgan fingerprint density at radius 1 is 1.40 bits per heavy atom. The number of rotatable bonds is 4. The fourth-order valence-electron chi connectivity index (χ4n) is 3.86. The lowest BCUT2D eigenvalue weighted by atomic mass is 9.97. The van der Waals surface area contributed by atoms with E-state index in [1.54, 1.807) is 6.07 Å². The number of anilines is 1. The standard InChI is InChI=1S/C19H22N4O2/c1-14-5-6-17(25-14)11-23-8-7-19(13-23)9-16(12-24-19)22-18-4-2-3-15(10-20)21-18/h2-6,16H,7-9,11-13H2,1H3,(H,21,22)/t16-,19+/m1/s1.